The van der Waals surface area contributed by atoms with E-state index in [-0.39, 0.29) is 12.5 Å². The first-order chi connectivity index (χ1) is 9.69. The molecule has 0 fully saturated rings. The van der Waals surface area contributed by atoms with Crippen LogP contribution >= 0.6 is 0 Å². The molecule has 2 rings (SSSR count). The molecule has 2 aromatic carbocycles. The molecule has 0 saturated carbocycles. The molecule has 0 amide bonds. The highest BCUT2D eigenvalue weighted by Gasteiger charge is 2.12. The summed E-state index contributed by atoms with van der Waals surface area (Å²) in [6, 6.07) is 18.2. The SMILES string of the molecule is COC(=O)CN(Cc1ccccc1)c1ccc(C)cc1. The van der Waals surface area contributed by atoms with Crippen molar-refractivity contribution in [3.8, 4) is 0 Å². The molecule has 0 spiro atoms. The van der Waals surface area contributed by atoms with E-state index in [1.54, 1.807) is 0 Å². The number of anilines is 1. The highest BCUT2D eigenvalue weighted by Crippen LogP contribution is 2.18. The molecule has 2 aromatic rings. The number of hydrogen-bond acceptors (Lipinski definition) is 3. The maximum Gasteiger partial charge on any atom is 0.325 e. The molecule has 0 unspecified atom stereocenters. The monoisotopic (exact) mass is 269 g/mol. The Kier molecular flexibility index (Phi) is 4.77. The van der Waals surface area contributed by atoms with Crippen molar-refractivity contribution in [1.29, 1.82) is 0 Å². The fourth-order valence-electron chi connectivity index (χ4n) is 2.02. The van der Waals surface area contributed by atoms with Gasteiger partial charge in [-0.3, -0.25) is 4.79 Å². The van der Waals surface area contributed by atoms with Crippen molar-refractivity contribution in [2.75, 3.05) is 18.6 Å². The lowest BCUT2D eigenvalue weighted by atomic mass is 10.1. The lowest BCUT2D eigenvalue weighted by molar-refractivity contribution is -0.138. The average molecular weight is 269 g/mol. The second kappa shape index (κ2) is 6.75. The van der Waals surface area contributed by atoms with Crippen LogP contribution in [-0.4, -0.2) is 19.6 Å². The zero-order chi connectivity index (χ0) is 14.4. The van der Waals surface area contributed by atoms with Crippen molar-refractivity contribution in [2.24, 2.45) is 0 Å². The minimum atomic E-state index is -0.235. The van der Waals surface area contributed by atoms with Crippen LogP contribution in [0.2, 0.25) is 0 Å². The van der Waals surface area contributed by atoms with E-state index in [4.69, 9.17) is 4.74 Å². The number of carbonyl (C=O) groups is 1. The molecule has 0 saturated heterocycles. The van der Waals surface area contributed by atoms with Crippen molar-refractivity contribution < 1.29 is 9.53 Å². The molecule has 20 heavy (non-hydrogen) atoms. The summed E-state index contributed by atoms with van der Waals surface area (Å²) < 4.78 is 4.78. The van der Waals surface area contributed by atoms with Crippen molar-refractivity contribution in [2.45, 2.75) is 13.5 Å². The smallest absolute Gasteiger partial charge is 0.325 e. The van der Waals surface area contributed by atoms with Crippen LogP contribution in [0.1, 0.15) is 11.1 Å². The van der Waals surface area contributed by atoms with Crippen molar-refractivity contribution in [3.05, 3.63) is 65.7 Å². The molecule has 0 radical (unpaired) electrons. The lowest BCUT2D eigenvalue weighted by Gasteiger charge is -2.23. The third kappa shape index (κ3) is 3.85. The second-order valence-corrected chi connectivity index (χ2v) is 4.75. The number of benzene rings is 2. The summed E-state index contributed by atoms with van der Waals surface area (Å²) in [6.07, 6.45) is 0. The first-order valence-corrected chi connectivity index (χ1v) is 6.61. The van der Waals surface area contributed by atoms with Gasteiger partial charge in [0.2, 0.25) is 0 Å². The fraction of sp³-hybridized carbons (Fsp3) is 0.235. The molecule has 3 heteroatoms. The predicted octanol–water partition coefficient (Wildman–Crippen LogP) is 3.17. The van der Waals surface area contributed by atoms with E-state index in [0.29, 0.717) is 6.54 Å². The van der Waals surface area contributed by atoms with E-state index in [0.717, 1.165) is 11.3 Å². The Morgan fingerprint density at radius 1 is 1.05 bits per heavy atom. The molecule has 0 heterocycles. The van der Waals surface area contributed by atoms with Gasteiger partial charge >= 0.3 is 5.97 Å². The van der Waals surface area contributed by atoms with Gasteiger partial charge in [0, 0.05) is 12.2 Å². The molecule has 104 valence electrons. The Morgan fingerprint density at radius 2 is 1.70 bits per heavy atom. The van der Waals surface area contributed by atoms with Crippen LogP contribution in [0.25, 0.3) is 0 Å². The van der Waals surface area contributed by atoms with E-state index in [9.17, 15) is 4.79 Å². The van der Waals surface area contributed by atoms with Gasteiger partial charge in [0.15, 0.2) is 0 Å². The molecule has 0 atom stereocenters. The van der Waals surface area contributed by atoms with Gasteiger partial charge in [0.1, 0.15) is 6.54 Å². The van der Waals surface area contributed by atoms with E-state index in [1.165, 1.54) is 12.7 Å². The van der Waals surface area contributed by atoms with Gasteiger partial charge in [-0.25, -0.2) is 0 Å². The Balaban J connectivity index is 2.20. The molecule has 0 bridgehead atoms. The van der Waals surface area contributed by atoms with E-state index < -0.39 is 0 Å². The summed E-state index contributed by atoms with van der Waals surface area (Å²) in [5.41, 5.74) is 3.38. The maximum absolute atomic E-state index is 11.6. The number of carbonyl (C=O) groups excluding carboxylic acids is 1. The Morgan fingerprint density at radius 3 is 2.30 bits per heavy atom. The van der Waals surface area contributed by atoms with Crippen molar-refractivity contribution >= 4 is 11.7 Å². The van der Waals surface area contributed by atoms with Crippen LogP contribution in [0.5, 0.6) is 0 Å². The van der Waals surface area contributed by atoms with E-state index in [2.05, 4.69) is 12.1 Å². The van der Waals surface area contributed by atoms with Crippen LogP contribution in [0.3, 0.4) is 0 Å². The lowest BCUT2D eigenvalue weighted by Crippen LogP contribution is -2.30. The number of nitrogens with zero attached hydrogens (tertiary/aromatic N) is 1. The normalized spacial score (nSPS) is 10.1. The van der Waals surface area contributed by atoms with Gasteiger partial charge in [0.25, 0.3) is 0 Å². The number of methoxy groups -OCH3 is 1. The minimum absolute atomic E-state index is 0.235. The number of ether oxygens (including phenoxy) is 1. The van der Waals surface area contributed by atoms with Crippen LogP contribution in [0.15, 0.2) is 54.6 Å². The van der Waals surface area contributed by atoms with Gasteiger partial charge in [-0.05, 0) is 24.6 Å². The third-order valence-corrected chi connectivity index (χ3v) is 3.16. The van der Waals surface area contributed by atoms with Gasteiger partial charge in [0.05, 0.1) is 7.11 Å². The standard InChI is InChI=1S/C17H19NO2/c1-14-8-10-16(11-9-14)18(13-17(19)20-2)12-15-6-4-3-5-7-15/h3-11H,12-13H2,1-2H3. The van der Waals surface area contributed by atoms with Gasteiger partial charge in [-0.15, -0.1) is 0 Å². The van der Waals surface area contributed by atoms with Gasteiger partial charge < -0.3 is 9.64 Å². The molecule has 0 aliphatic rings. The molecular weight excluding hydrogens is 250 g/mol. The first kappa shape index (κ1) is 14.1. The minimum Gasteiger partial charge on any atom is -0.468 e. The highest BCUT2D eigenvalue weighted by atomic mass is 16.5. The number of esters is 1. The number of rotatable bonds is 5. The summed E-state index contributed by atoms with van der Waals surface area (Å²) in [5.74, 6) is -0.235. The van der Waals surface area contributed by atoms with Crippen LogP contribution in [-0.2, 0) is 16.1 Å². The van der Waals surface area contributed by atoms with Gasteiger partial charge in [-0.1, -0.05) is 48.0 Å². The summed E-state index contributed by atoms with van der Waals surface area (Å²) in [7, 11) is 1.41. The summed E-state index contributed by atoms with van der Waals surface area (Å²) in [6.45, 7) is 2.97. The Bertz CT molecular complexity index is 549. The number of hydrogen-bond donors (Lipinski definition) is 0. The average Bonchev–Trinajstić information content (AvgIpc) is 2.48. The summed E-state index contributed by atoms with van der Waals surface area (Å²) >= 11 is 0. The van der Waals surface area contributed by atoms with Crippen molar-refractivity contribution in [1.82, 2.24) is 0 Å². The maximum atomic E-state index is 11.6. The summed E-state index contributed by atoms with van der Waals surface area (Å²) in [5, 5.41) is 0. The zero-order valence-corrected chi connectivity index (χ0v) is 11.9. The Hall–Kier alpha value is -2.29. The van der Waals surface area contributed by atoms with E-state index in [1.807, 2.05) is 54.3 Å². The Labute approximate surface area is 119 Å². The fourth-order valence-corrected chi connectivity index (χ4v) is 2.02. The quantitative estimate of drug-likeness (QED) is 0.781. The molecular formula is C17H19NO2. The van der Waals surface area contributed by atoms with Crippen LogP contribution < -0.4 is 4.90 Å². The predicted molar refractivity (Wildman–Crippen MR) is 80.7 cm³/mol. The zero-order valence-electron chi connectivity index (χ0n) is 11.9. The van der Waals surface area contributed by atoms with Gasteiger partial charge in [-0.2, -0.15) is 0 Å². The number of aryl methyl sites for hydroxylation is 1. The molecule has 0 N–H and O–H groups in total. The second-order valence-electron chi connectivity index (χ2n) is 4.75. The molecule has 0 aromatic heterocycles. The third-order valence-electron chi connectivity index (χ3n) is 3.16. The van der Waals surface area contributed by atoms with Crippen LogP contribution in [0, 0.1) is 6.92 Å². The highest BCUT2D eigenvalue weighted by molar-refractivity contribution is 5.75. The van der Waals surface area contributed by atoms with Crippen LogP contribution in [0.4, 0.5) is 5.69 Å². The van der Waals surface area contributed by atoms with E-state index >= 15 is 0 Å². The molecule has 0 aliphatic heterocycles. The largest absolute Gasteiger partial charge is 0.468 e. The molecule has 3 nitrogen and oxygen atoms in total. The first-order valence-electron chi connectivity index (χ1n) is 6.61. The summed E-state index contributed by atoms with van der Waals surface area (Å²) in [4.78, 5) is 13.6. The molecule has 0 aliphatic carbocycles. The van der Waals surface area contributed by atoms with Crippen molar-refractivity contribution in [3.63, 3.8) is 0 Å². The topological polar surface area (TPSA) is 29.5 Å².